The van der Waals surface area contributed by atoms with E-state index in [1.807, 2.05) is 31.2 Å². The highest BCUT2D eigenvalue weighted by atomic mass is 16.2. The Balaban J connectivity index is 1.52. The zero-order chi connectivity index (χ0) is 22.9. The number of hydrogen-bond donors (Lipinski definition) is 2. The summed E-state index contributed by atoms with van der Waals surface area (Å²) in [7, 11) is 1.64. The van der Waals surface area contributed by atoms with Crippen LogP contribution in [0.1, 0.15) is 72.0 Å². The van der Waals surface area contributed by atoms with Gasteiger partial charge in [0.15, 0.2) is 5.69 Å². The Hall–Kier alpha value is -3.16. The maximum atomic E-state index is 13.3. The van der Waals surface area contributed by atoms with E-state index in [9.17, 15) is 14.4 Å². The van der Waals surface area contributed by atoms with Crippen molar-refractivity contribution in [3.63, 3.8) is 0 Å². The van der Waals surface area contributed by atoms with Crippen LogP contribution < -0.4 is 10.6 Å². The van der Waals surface area contributed by atoms with E-state index >= 15 is 0 Å². The number of carbonyl (C=O) groups is 3. The molecule has 0 saturated heterocycles. The molecule has 1 fully saturated rings. The number of rotatable bonds is 4. The van der Waals surface area contributed by atoms with E-state index in [4.69, 9.17) is 0 Å². The van der Waals surface area contributed by atoms with Crippen molar-refractivity contribution in [1.29, 1.82) is 0 Å². The first-order valence-corrected chi connectivity index (χ1v) is 11.3. The minimum absolute atomic E-state index is 0.139. The van der Waals surface area contributed by atoms with Crippen molar-refractivity contribution < 1.29 is 14.4 Å². The molecule has 1 aromatic heterocycles. The minimum atomic E-state index is -1.08. The number of anilines is 1. The molecule has 0 radical (unpaired) electrons. The van der Waals surface area contributed by atoms with Crippen molar-refractivity contribution in [2.75, 3.05) is 12.4 Å². The van der Waals surface area contributed by atoms with E-state index in [-0.39, 0.29) is 30.1 Å². The lowest BCUT2D eigenvalue weighted by Gasteiger charge is -2.41. The summed E-state index contributed by atoms with van der Waals surface area (Å²) in [6, 6.07) is 9.08. The highest BCUT2D eigenvalue weighted by molar-refractivity contribution is 6.05. The molecule has 1 saturated carbocycles. The zero-order valence-corrected chi connectivity index (χ0v) is 19.0. The van der Waals surface area contributed by atoms with Gasteiger partial charge in [-0.15, -0.1) is 0 Å². The van der Waals surface area contributed by atoms with Gasteiger partial charge in [-0.3, -0.25) is 19.1 Å². The largest absolute Gasteiger partial charge is 0.351 e. The predicted octanol–water partition coefficient (Wildman–Crippen LogP) is 3.13. The van der Waals surface area contributed by atoms with Crippen LogP contribution in [0, 0.1) is 6.92 Å². The summed E-state index contributed by atoms with van der Waals surface area (Å²) in [6.45, 7) is 3.93. The third kappa shape index (κ3) is 4.26. The van der Waals surface area contributed by atoms with Gasteiger partial charge in [-0.1, -0.05) is 43.4 Å². The van der Waals surface area contributed by atoms with Crippen LogP contribution in [0.4, 0.5) is 5.69 Å². The van der Waals surface area contributed by atoms with Crippen LogP contribution in [0.2, 0.25) is 0 Å². The first-order valence-electron chi connectivity index (χ1n) is 11.3. The molecule has 2 aliphatic rings. The van der Waals surface area contributed by atoms with E-state index in [2.05, 4.69) is 15.7 Å². The summed E-state index contributed by atoms with van der Waals surface area (Å²) in [5.41, 5.74) is 1.13. The Labute approximate surface area is 188 Å². The SMILES string of the molecule is Cc1ccc(NC(=O)c2cc3n(n2)C[C@@](C)(C(=O)NC2CCCCCC2)N(C)C3=O)cc1. The lowest BCUT2D eigenvalue weighted by Crippen LogP contribution is -2.63. The molecule has 1 atom stereocenters. The summed E-state index contributed by atoms with van der Waals surface area (Å²) < 4.78 is 1.49. The average Bonchev–Trinajstić information content (AvgIpc) is 3.02. The van der Waals surface area contributed by atoms with Crippen LogP contribution in [0.15, 0.2) is 30.3 Å². The maximum absolute atomic E-state index is 13.3. The minimum Gasteiger partial charge on any atom is -0.351 e. The molecule has 4 rings (SSSR count). The lowest BCUT2D eigenvalue weighted by molar-refractivity contribution is -0.133. The molecule has 0 unspecified atom stereocenters. The molecule has 1 aliphatic heterocycles. The molecule has 3 amide bonds. The zero-order valence-electron chi connectivity index (χ0n) is 19.0. The van der Waals surface area contributed by atoms with Crippen LogP contribution in [0.5, 0.6) is 0 Å². The second-order valence-corrected chi connectivity index (χ2v) is 9.19. The van der Waals surface area contributed by atoms with E-state index < -0.39 is 11.4 Å². The average molecular weight is 438 g/mol. The molecular weight excluding hydrogens is 406 g/mol. The quantitative estimate of drug-likeness (QED) is 0.719. The van der Waals surface area contributed by atoms with Crippen LogP contribution in [0.3, 0.4) is 0 Å². The fourth-order valence-electron chi connectivity index (χ4n) is 4.43. The van der Waals surface area contributed by atoms with Crippen LogP contribution in [0.25, 0.3) is 0 Å². The van der Waals surface area contributed by atoms with Crippen molar-refractivity contribution >= 4 is 23.4 Å². The third-order valence-electron chi connectivity index (χ3n) is 6.72. The van der Waals surface area contributed by atoms with E-state index in [0.29, 0.717) is 11.4 Å². The van der Waals surface area contributed by atoms with Crippen LogP contribution in [-0.4, -0.2) is 51.0 Å². The number of nitrogens with one attached hydrogen (secondary N) is 2. The molecule has 2 N–H and O–H groups in total. The number of nitrogens with zero attached hydrogens (tertiary/aromatic N) is 3. The summed E-state index contributed by atoms with van der Waals surface area (Å²) in [5.74, 6) is -0.889. The van der Waals surface area contributed by atoms with Gasteiger partial charge in [0, 0.05) is 24.8 Å². The molecule has 32 heavy (non-hydrogen) atoms. The summed E-state index contributed by atoms with van der Waals surface area (Å²) >= 11 is 0. The van der Waals surface area contributed by atoms with Crippen LogP contribution in [-0.2, 0) is 11.3 Å². The van der Waals surface area contributed by atoms with Crippen molar-refractivity contribution in [2.45, 2.75) is 70.5 Å². The molecule has 2 aromatic rings. The fourth-order valence-corrected chi connectivity index (χ4v) is 4.43. The van der Waals surface area contributed by atoms with Gasteiger partial charge in [-0.25, -0.2) is 0 Å². The number of hydrogen-bond acceptors (Lipinski definition) is 4. The van der Waals surface area contributed by atoms with Gasteiger partial charge in [0.25, 0.3) is 11.8 Å². The molecule has 1 aromatic carbocycles. The maximum Gasteiger partial charge on any atom is 0.276 e. The number of amides is 3. The van der Waals surface area contributed by atoms with Crippen molar-refractivity contribution in [2.24, 2.45) is 0 Å². The Morgan fingerprint density at radius 2 is 1.75 bits per heavy atom. The normalized spacial score (nSPS) is 21.6. The smallest absolute Gasteiger partial charge is 0.276 e. The number of carbonyl (C=O) groups excluding carboxylic acids is 3. The Bertz CT molecular complexity index is 1020. The van der Waals surface area contributed by atoms with E-state index in [1.54, 1.807) is 14.0 Å². The van der Waals surface area contributed by atoms with Gasteiger partial charge in [-0.2, -0.15) is 5.10 Å². The number of fused-ring (bicyclic) bond motifs is 1. The van der Waals surface area contributed by atoms with Gasteiger partial charge in [0.05, 0.1) is 6.54 Å². The van der Waals surface area contributed by atoms with E-state index in [0.717, 1.165) is 31.2 Å². The number of benzene rings is 1. The second-order valence-electron chi connectivity index (χ2n) is 9.19. The van der Waals surface area contributed by atoms with Crippen molar-refractivity contribution in [3.8, 4) is 0 Å². The lowest BCUT2D eigenvalue weighted by atomic mass is 9.95. The molecule has 8 heteroatoms. The van der Waals surface area contributed by atoms with Gasteiger partial charge >= 0.3 is 0 Å². The molecular formula is C24H31N5O3. The molecule has 0 spiro atoms. The monoisotopic (exact) mass is 437 g/mol. The van der Waals surface area contributed by atoms with Gasteiger partial charge in [-0.05, 0) is 38.8 Å². The van der Waals surface area contributed by atoms with E-state index in [1.165, 1.54) is 28.5 Å². The summed E-state index contributed by atoms with van der Waals surface area (Å²) in [6.07, 6.45) is 6.56. The molecule has 0 bridgehead atoms. The number of aromatic nitrogens is 2. The Kier molecular flexibility index (Phi) is 6.04. The molecule has 8 nitrogen and oxygen atoms in total. The summed E-state index contributed by atoms with van der Waals surface area (Å²) in [5, 5.41) is 10.3. The second kappa shape index (κ2) is 8.76. The number of likely N-dealkylation sites (N-methyl/N-ethyl adjacent to an activating group) is 1. The van der Waals surface area contributed by atoms with Gasteiger partial charge in [0.1, 0.15) is 11.2 Å². The van der Waals surface area contributed by atoms with Gasteiger partial charge < -0.3 is 15.5 Å². The topological polar surface area (TPSA) is 96.3 Å². The van der Waals surface area contributed by atoms with Crippen molar-refractivity contribution in [3.05, 3.63) is 47.3 Å². The standard InChI is InChI=1S/C24H31N5O3/c1-16-10-12-18(13-11-16)25-21(30)19-14-20-22(31)28(3)24(2,15-29(20)27-19)23(32)26-17-8-6-4-5-7-9-17/h10-14,17H,4-9,15H2,1-3H3,(H,25,30)(H,26,32)/t24-/m0/s1. The summed E-state index contributed by atoms with van der Waals surface area (Å²) in [4.78, 5) is 40.5. The first-order chi connectivity index (χ1) is 15.3. The number of aryl methyl sites for hydroxylation is 1. The molecule has 1 aliphatic carbocycles. The third-order valence-corrected chi connectivity index (χ3v) is 6.72. The Morgan fingerprint density at radius 3 is 2.41 bits per heavy atom. The highest BCUT2D eigenvalue weighted by Crippen LogP contribution is 2.27. The first kappa shape index (κ1) is 22.0. The predicted molar refractivity (Wildman–Crippen MR) is 121 cm³/mol. The highest BCUT2D eigenvalue weighted by Gasteiger charge is 2.46. The molecule has 2 heterocycles. The Morgan fingerprint density at radius 1 is 1.09 bits per heavy atom. The van der Waals surface area contributed by atoms with Gasteiger partial charge in [0.2, 0.25) is 5.91 Å². The molecule has 170 valence electrons. The van der Waals surface area contributed by atoms with Crippen LogP contribution >= 0.6 is 0 Å². The fraction of sp³-hybridized carbons (Fsp3) is 0.500. The van der Waals surface area contributed by atoms with Crippen molar-refractivity contribution in [1.82, 2.24) is 20.0 Å².